The molecular weight excluding hydrogens is 594 g/mol. The molecule has 0 radical (unpaired) electrons. The van der Waals surface area contributed by atoms with E-state index < -0.39 is 17.8 Å². The summed E-state index contributed by atoms with van der Waals surface area (Å²) < 4.78 is 26.1. The molecule has 0 unspecified atom stereocenters. The highest BCUT2D eigenvalue weighted by Crippen LogP contribution is 2.89. The Morgan fingerprint density at radius 3 is 2.40 bits per heavy atom. The summed E-state index contributed by atoms with van der Waals surface area (Å²) in [4.78, 5) is 2.30. The number of ether oxygens (including phenoxy) is 4. The van der Waals surface area contributed by atoms with Crippen molar-refractivity contribution in [2.45, 2.75) is 162 Å². The number of rotatable bonds is 8. The first-order valence-electron chi connectivity index (χ1n) is 19.3. The molecule has 7 fully saturated rings. The molecule has 7 rings (SSSR count). The van der Waals surface area contributed by atoms with Crippen molar-refractivity contribution in [3.8, 4) is 0 Å². The summed E-state index contributed by atoms with van der Waals surface area (Å²) in [6.45, 7) is 22.9. The van der Waals surface area contributed by atoms with E-state index in [-0.39, 0.29) is 53.5 Å². The third-order valence-corrected chi connectivity index (χ3v) is 16.4. The fourth-order valence-electron chi connectivity index (χ4n) is 14.1. The number of fused-ring (bicyclic) bond motifs is 4. The maximum atomic E-state index is 12.6. The number of aliphatic hydroxyl groups is 3. The molecule has 15 atom stereocenters. The van der Waals surface area contributed by atoms with E-state index in [1.807, 2.05) is 20.8 Å². The first kappa shape index (κ1) is 35.1. The SMILES string of the molecule is CCO[C@@H]([C@H]1C[C@@H](C)[C@H]2[C@H](O1)[C@H](O)[C@@]1(C)[C@@H]3CC[C@H]4C(C)(C)[C@@H](O[C@H]5CN([C@H](C)CO)CCO5)CC[C@@]45C[C@@]35CC[C@]21C)C(C)(C)O. The first-order chi connectivity index (χ1) is 22.0. The second-order valence-electron chi connectivity index (χ2n) is 19.0. The minimum atomic E-state index is -1.02. The maximum Gasteiger partial charge on any atom is 0.170 e. The number of hydrogen-bond donors (Lipinski definition) is 3. The lowest BCUT2D eigenvalue weighted by molar-refractivity contribution is -0.251. The summed E-state index contributed by atoms with van der Waals surface area (Å²) in [7, 11) is 0. The van der Waals surface area contributed by atoms with Gasteiger partial charge in [0.1, 0.15) is 6.10 Å². The van der Waals surface area contributed by atoms with Crippen LogP contribution in [0, 0.1) is 50.7 Å². The third-order valence-electron chi connectivity index (χ3n) is 16.4. The van der Waals surface area contributed by atoms with E-state index >= 15 is 0 Å². The van der Waals surface area contributed by atoms with E-state index in [2.05, 4.69) is 46.4 Å². The lowest BCUT2D eigenvalue weighted by Gasteiger charge is -2.64. The number of morpholine rings is 1. The molecule has 0 aromatic heterocycles. The average Bonchev–Trinajstić information content (AvgIpc) is 3.65. The lowest BCUT2D eigenvalue weighted by Crippen LogP contribution is -2.60. The van der Waals surface area contributed by atoms with E-state index in [9.17, 15) is 15.3 Å². The van der Waals surface area contributed by atoms with Gasteiger partial charge in [-0.1, -0.05) is 34.6 Å². The number of nitrogens with zero attached hydrogens (tertiary/aromatic N) is 1. The van der Waals surface area contributed by atoms with Crippen molar-refractivity contribution in [3.63, 3.8) is 0 Å². The van der Waals surface area contributed by atoms with Crippen LogP contribution in [0.2, 0.25) is 0 Å². The summed E-state index contributed by atoms with van der Waals surface area (Å²) in [5.74, 6) is 1.78. The van der Waals surface area contributed by atoms with Crippen LogP contribution < -0.4 is 0 Å². The second-order valence-corrected chi connectivity index (χ2v) is 19.0. The molecule has 2 spiro atoms. The van der Waals surface area contributed by atoms with Gasteiger partial charge in [-0.05, 0) is 124 Å². The molecule has 5 aliphatic carbocycles. The summed E-state index contributed by atoms with van der Waals surface area (Å²) in [6.07, 6.45) is 7.71. The van der Waals surface area contributed by atoms with E-state index in [0.29, 0.717) is 47.7 Å². The van der Waals surface area contributed by atoms with E-state index in [0.717, 1.165) is 38.8 Å². The van der Waals surface area contributed by atoms with Crippen LogP contribution in [0.15, 0.2) is 0 Å². The van der Waals surface area contributed by atoms with Gasteiger partial charge in [0.25, 0.3) is 0 Å². The molecule has 8 heteroatoms. The fourth-order valence-corrected chi connectivity index (χ4v) is 14.1. The van der Waals surface area contributed by atoms with E-state index in [1.165, 1.54) is 25.7 Å². The Hall–Kier alpha value is -0.320. The highest BCUT2D eigenvalue weighted by atomic mass is 16.7. The quantitative estimate of drug-likeness (QED) is 0.318. The zero-order valence-corrected chi connectivity index (χ0v) is 31.0. The van der Waals surface area contributed by atoms with Crippen LogP contribution in [0.4, 0.5) is 0 Å². The fraction of sp³-hybridized carbons (Fsp3) is 1.00. The molecule has 3 N–H and O–H groups in total. The Morgan fingerprint density at radius 2 is 1.72 bits per heavy atom. The van der Waals surface area contributed by atoms with Crippen molar-refractivity contribution in [2.24, 2.45) is 50.7 Å². The first-order valence-corrected chi connectivity index (χ1v) is 19.3. The molecule has 0 aromatic rings. The van der Waals surface area contributed by atoms with Crippen molar-refractivity contribution in [3.05, 3.63) is 0 Å². The predicted octanol–water partition coefficient (Wildman–Crippen LogP) is 5.40. The molecule has 5 saturated carbocycles. The van der Waals surface area contributed by atoms with Gasteiger partial charge < -0.3 is 34.3 Å². The average molecular weight is 662 g/mol. The summed E-state index contributed by atoms with van der Waals surface area (Å²) in [6, 6.07) is 0.120. The molecule has 270 valence electrons. The van der Waals surface area contributed by atoms with Crippen LogP contribution in [0.5, 0.6) is 0 Å². The van der Waals surface area contributed by atoms with Gasteiger partial charge in [0.05, 0.1) is 43.2 Å². The van der Waals surface area contributed by atoms with E-state index in [4.69, 9.17) is 18.9 Å². The molecule has 0 bridgehead atoms. The zero-order chi connectivity index (χ0) is 33.9. The topological polar surface area (TPSA) is 101 Å². The predicted molar refractivity (Wildman–Crippen MR) is 181 cm³/mol. The van der Waals surface area contributed by atoms with Gasteiger partial charge in [-0.15, -0.1) is 0 Å². The smallest absolute Gasteiger partial charge is 0.170 e. The Kier molecular flexibility index (Phi) is 8.66. The normalized spacial score (nSPS) is 52.0. The van der Waals surface area contributed by atoms with Gasteiger partial charge in [0.2, 0.25) is 0 Å². The van der Waals surface area contributed by atoms with Crippen LogP contribution >= 0.6 is 0 Å². The Balaban J connectivity index is 1.12. The van der Waals surface area contributed by atoms with Crippen LogP contribution in [0.3, 0.4) is 0 Å². The minimum Gasteiger partial charge on any atom is -0.395 e. The molecule has 0 aromatic carbocycles. The van der Waals surface area contributed by atoms with Gasteiger partial charge in [-0.25, -0.2) is 0 Å². The van der Waals surface area contributed by atoms with Crippen LogP contribution in [-0.4, -0.2) is 102 Å². The molecule has 0 amide bonds. The summed E-state index contributed by atoms with van der Waals surface area (Å²) in [5, 5.41) is 33.4. The van der Waals surface area contributed by atoms with Crippen molar-refractivity contribution < 1.29 is 34.3 Å². The lowest BCUT2D eigenvalue weighted by atomic mass is 9.41. The van der Waals surface area contributed by atoms with E-state index in [1.54, 1.807) is 0 Å². The molecule has 7 aliphatic rings. The molecule has 2 heterocycles. The maximum absolute atomic E-state index is 12.6. The monoisotopic (exact) mass is 661 g/mol. The standard InChI is InChI=1S/C39H67NO7/c1-10-44-33(35(6,7)43)25-19-23(2)30-31(46-25)32(42)37(9)27-12-11-26-34(4,5)28(47-29-20-40(17-18-45-29)24(3)21-41)13-14-38(26)22-39(27,38)16-15-36(30,37)8/h23-33,41-43H,10-22H2,1-9H3/t23-,24-,25-,26+,27+,28+,29+,30+,31+,32+,33+,36-,37-,38-,39+/m1/s1. The molecule has 2 aliphatic heterocycles. The molecular formula is C39H67NO7. The van der Waals surface area contributed by atoms with Gasteiger partial charge in [-0.3, -0.25) is 4.90 Å². The van der Waals surface area contributed by atoms with Crippen LogP contribution in [0.1, 0.15) is 114 Å². The summed E-state index contributed by atoms with van der Waals surface area (Å²) in [5.41, 5.74) is -0.558. The van der Waals surface area contributed by atoms with Crippen LogP contribution in [-0.2, 0) is 18.9 Å². The zero-order valence-electron chi connectivity index (χ0n) is 31.0. The minimum absolute atomic E-state index is 0.00950. The van der Waals surface area contributed by atoms with Crippen molar-refractivity contribution >= 4 is 0 Å². The Bertz CT molecular complexity index is 1170. The van der Waals surface area contributed by atoms with Crippen molar-refractivity contribution in [2.75, 3.05) is 32.9 Å². The highest BCUT2D eigenvalue weighted by molar-refractivity contribution is 5.33. The summed E-state index contributed by atoms with van der Waals surface area (Å²) >= 11 is 0. The largest absolute Gasteiger partial charge is 0.395 e. The van der Waals surface area contributed by atoms with Crippen LogP contribution in [0.25, 0.3) is 0 Å². The third kappa shape index (κ3) is 4.80. The molecule has 47 heavy (non-hydrogen) atoms. The van der Waals surface area contributed by atoms with Crippen molar-refractivity contribution in [1.82, 2.24) is 4.90 Å². The Labute approximate surface area is 284 Å². The number of hydrogen-bond acceptors (Lipinski definition) is 8. The van der Waals surface area contributed by atoms with Gasteiger partial charge in [-0.2, -0.15) is 0 Å². The van der Waals surface area contributed by atoms with Gasteiger partial charge in [0.15, 0.2) is 6.29 Å². The molecule has 2 saturated heterocycles. The Morgan fingerprint density at radius 1 is 1.02 bits per heavy atom. The highest BCUT2D eigenvalue weighted by Gasteiger charge is 2.84. The van der Waals surface area contributed by atoms with Gasteiger partial charge in [0, 0.05) is 31.2 Å². The molecule has 8 nitrogen and oxygen atoms in total. The van der Waals surface area contributed by atoms with Crippen molar-refractivity contribution in [1.29, 1.82) is 0 Å². The van der Waals surface area contributed by atoms with Gasteiger partial charge >= 0.3 is 0 Å². The number of aliphatic hydroxyl groups excluding tert-OH is 2. The second kappa shape index (κ2) is 11.6.